The van der Waals surface area contributed by atoms with E-state index in [0.29, 0.717) is 6.42 Å². The van der Waals surface area contributed by atoms with Crippen LogP contribution >= 0.6 is 11.3 Å². The quantitative estimate of drug-likeness (QED) is 0.905. The summed E-state index contributed by atoms with van der Waals surface area (Å²) in [6, 6.07) is 7.65. The number of hydrogen-bond donors (Lipinski definition) is 1. The number of aryl methyl sites for hydroxylation is 1. The van der Waals surface area contributed by atoms with Crippen molar-refractivity contribution >= 4 is 17.2 Å². The lowest BCUT2D eigenvalue weighted by Gasteiger charge is -2.11. The van der Waals surface area contributed by atoms with Crippen molar-refractivity contribution in [2.45, 2.75) is 26.3 Å². The van der Waals surface area contributed by atoms with Crippen molar-refractivity contribution in [3.63, 3.8) is 0 Å². The van der Waals surface area contributed by atoms with Gasteiger partial charge in [0.1, 0.15) is 5.76 Å². The number of amides is 1. The molecule has 0 aliphatic heterocycles. The minimum atomic E-state index is -0.0119. The van der Waals surface area contributed by atoms with Crippen molar-refractivity contribution in [3.05, 3.63) is 46.0 Å². The molecule has 0 bridgehead atoms. The van der Waals surface area contributed by atoms with Crippen molar-refractivity contribution in [2.75, 3.05) is 0 Å². The molecule has 1 atom stereocenters. The first-order valence-electron chi connectivity index (χ1n) is 5.55. The number of hydrogen-bond acceptors (Lipinski definition) is 3. The third kappa shape index (κ3) is 3.20. The van der Waals surface area contributed by atoms with Crippen LogP contribution in [0.25, 0.3) is 0 Å². The van der Waals surface area contributed by atoms with Crippen LogP contribution in [0.3, 0.4) is 0 Å². The van der Waals surface area contributed by atoms with Crippen molar-refractivity contribution in [1.29, 1.82) is 0 Å². The molecule has 2 aromatic rings. The van der Waals surface area contributed by atoms with Crippen LogP contribution in [0, 0.1) is 6.92 Å². The summed E-state index contributed by atoms with van der Waals surface area (Å²) in [6.07, 6.45) is 2.36. The summed E-state index contributed by atoms with van der Waals surface area (Å²) in [7, 11) is 0. The summed E-state index contributed by atoms with van der Waals surface area (Å²) in [4.78, 5) is 13.8. The van der Waals surface area contributed by atoms with Crippen LogP contribution in [0.2, 0.25) is 0 Å². The van der Waals surface area contributed by atoms with Crippen LogP contribution in [0.15, 0.2) is 34.9 Å². The Morgan fingerprint density at radius 2 is 2.29 bits per heavy atom. The van der Waals surface area contributed by atoms with Gasteiger partial charge < -0.3 is 9.73 Å². The third-order valence-corrected chi connectivity index (χ3v) is 3.43. The fourth-order valence-corrected chi connectivity index (χ4v) is 2.40. The van der Waals surface area contributed by atoms with Gasteiger partial charge in [0, 0.05) is 17.3 Å². The van der Waals surface area contributed by atoms with Crippen molar-refractivity contribution < 1.29 is 9.21 Å². The average molecular weight is 249 g/mol. The van der Waals surface area contributed by atoms with Gasteiger partial charge in [0.15, 0.2) is 0 Å². The van der Waals surface area contributed by atoms with Gasteiger partial charge in [-0.25, -0.2) is 0 Å². The molecule has 0 spiro atoms. The van der Waals surface area contributed by atoms with E-state index in [-0.39, 0.29) is 11.9 Å². The Hall–Kier alpha value is -1.55. The second-order valence-electron chi connectivity index (χ2n) is 4.07. The molecule has 90 valence electrons. The van der Waals surface area contributed by atoms with Gasteiger partial charge >= 0.3 is 0 Å². The van der Waals surface area contributed by atoms with E-state index in [2.05, 4.69) is 5.32 Å². The summed E-state index contributed by atoms with van der Waals surface area (Å²) < 4.78 is 5.25. The Bertz CT molecular complexity index is 487. The van der Waals surface area contributed by atoms with Crippen LogP contribution in [0.5, 0.6) is 0 Å². The van der Waals surface area contributed by atoms with Crippen molar-refractivity contribution in [3.8, 4) is 0 Å². The Balaban J connectivity index is 1.90. The summed E-state index contributed by atoms with van der Waals surface area (Å²) in [5.74, 6) is 0.877. The van der Waals surface area contributed by atoms with Gasteiger partial charge in [-0.05, 0) is 38.1 Å². The van der Waals surface area contributed by atoms with Crippen LogP contribution < -0.4 is 5.32 Å². The molecule has 0 aliphatic carbocycles. The van der Waals surface area contributed by atoms with E-state index in [4.69, 9.17) is 4.42 Å². The predicted molar refractivity (Wildman–Crippen MR) is 68.4 cm³/mol. The maximum absolute atomic E-state index is 11.9. The molecule has 0 saturated heterocycles. The van der Waals surface area contributed by atoms with Gasteiger partial charge in [-0.3, -0.25) is 4.79 Å². The maximum atomic E-state index is 11.9. The molecule has 1 N–H and O–H groups in total. The second kappa shape index (κ2) is 5.19. The van der Waals surface area contributed by atoms with Gasteiger partial charge in [-0.15, -0.1) is 11.3 Å². The first-order chi connectivity index (χ1) is 8.15. The van der Waals surface area contributed by atoms with Crippen molar-refractivity contribution in [2.24, 2.45) is 0 Å². The van der Waals surface area contributed by atoms with Crippen LogP contribution in [0.4, 0.5) is 0 Å². The van der Waals surface area contributed by atoms with Gasteiger partial charge in [-0.2, -0.15) is 0 Å². The second-order valence-corrected chi connectivity index (χ2v) is 5.36. The molecule has 0 fully saturated rings. The van der Waals surface area contributed by atoms with E-state index in [1.54, 1.807) is 6.26 Å². The molecule has 1 amide bonds. The summed E-state index contributed by atoms with van der Waals surface area (Å²) in [5, 5.41) is 2.96. The smallest absolute Gasteiger partial charge is 0.261 e. The molecule has 0 saturated carbocycles. The first-order valence-corrected chi connectivity index (χ1v) is 6.36. The molecular weight excluding hydrogens is 234 g/mol. The Morgan fingerprint density at radius 1 is 1.47 bits per heavy atom. The minimum Gasteiger partial charge on any atom is -0.469 e. The Morgan fingerprint density at radius 3 is 2.88 bits per heavy atom. The number of nitrogens with one attached hydrogen (secondary N) is 1. The zero-order valence-electron chi connectivity index (χ0n) is 9.90. The van der Waals surface area contributed by atoms with Crippen LogP contribution in [-0.2, 0) is 6.42 Å². The SMILES string of the molecule is Cc1ccc(C(=O)NC(C)Cc2ccco2)s1. The van der Waals surface area contributed by atoms with E-state index >= 15 is 0 Å². The van der Waals surface area contributed by atoms with E-state index in [0.717, 1.165) is 15.5 Å². The predicted octanol–water partition coefficient (Wildman–Crippen LogP) is 3.01. The molecule has 2 heterocycles. The molecule has 2 aromatic heterocycles. The minimum absolute atomic E-state index is 0.0119. The fourth-order valence-electron chi connectivity index (χ4n) is 1.63. The van der Waals surface area contributed by atoms with Crippen molar-refractivity contribution in [1.82, 2.24) is 5.32 Å². The zero-order chi connectivity index (χ0) is 12.3. The van der Waals surface area contributed by atoms with E-state index < -0.39 is 0 Å². The highest BCUT2D eigenvalue weighted by molar-refractivity contribution is 7.13. The summed E-state index contributed by atoms with van der Waals surface area (Å²) >= 11 is 1.51. The number of rotatable bonds is 4. The topological polar surface area (TPSA) is 42.2 Å². The molecule has 2 rings (SSSR count). The van der Waals surface area contributed by atoms with Gasteiger partial charge in [0.2, 0.25) is 0 Å². The molecular formula is C13H15NO2S. The summed E-state index contributed by atoms with van der Waals surface area (Å²) in [6.45, 7) is 3.97. The summed E-state index contributed by atoms with van der Waals surface area (Å²) in [5.41, 5.74) is 0. The lowest BCUT2D eigenvalue weighted by Crippen LogP contribution is -2.33. The number of carbonyl (C=O) groups excluding carboxylic acids is 1. The monoisotopic (exact) mass is 249 g/mol. The average Bonchev–Trinajstić information content (AvgIpc) is 2.89. The van der Waals surface area contributed by atoms with E-state index in [1.165, 1.54) is 11.3 Å². The van der Waals surface area contributed by atoms with Gasteiger partial charge in [0.25, 0.3) is 5.91 Å². The zero-order valence-corrected chi connectivity index (χ0v) is 10.7. The Labute approximate surface area is 104 Å². The number of carbonyl (C=O) groups is 1. The highest BCUT2D eigenvalue weighted by Gasteiger charge is 2.12. The lowest BCUT2D eigenvalue weighted by molar-refractivity contribution is 0.0943. The molecule has 0 aromatic carbocycles. The molecule has 17 heavy (non-hydrogen) atoms. The van der Waals surface area contributed by atoms with Gasteiger partial charge in [-0.1, -0.05) is 0 Å². The van der Waals surface area contributed by atoms with E-state index in [9.17, 15) is 4.79 Å². The molecule has 0 radical (unpaired) electrons. The standard InChI is InChI=1S/C13H15NO2S/c1-9(8-11-4-3-7-16-11)14-13(15)12-6-5-10(2)17-12/h3-7,9H,8H2,1-2H3,(H,14,15). The van der Waals surface area contributed by atoms with Crippen LogP contribution in [0.1, 0.15) is 27.2 Å². The number of thiophene rings is 1. The van der Waals surface area contributed by atoms with Crippen LogP contribution in [-0.4, -0.2) is 11.9 Å². The molecule has 0 aliphatic rings. The van der Waals surface area contributed by atoms with Gasteiger partial charge in [0.05, 0.1) is 11.1 Å². The van der Waals surface area contributed by atoms with E-state index in [1.807, 2.05) is 38.1 Å². The fraction of sp³-hybridized carbons (Fsp3) is 0.308. The highest BCUT2D eigenvalue weighted by Crippen LogP contribution is 2.15. The number of furan rings is 1. The maximum Gasteiger partial charge on any atom is 0.261 e. The molecule has 1 unspecified atom stereocenters. The molecule has 4 heteroatoms. The first kappa shape index (κ1) is 11.9. The lowest BCUT2D eigenvalue weighted by atomic mass is 10.2. The Kier molecular flexibility index (Phi) is 3.64. The largest absolute Gasteiger partial charge is 0.469 e. The third-order valence-electron chi connectivity index (χ3n) is 2.43. The molecule has 3 nitrogen and oxygen atoms in total. The normalized spacial score (nSPS) is 12.4. The highest BCUT2D eigenvalue weighted by atomic mass is 32.1.